The summed E-state index contributed by atoms with van der Waals surface area (Å²) >= 11 is 1.32. The van der Waals surface area contributed by atoms with Crippen LogP contribution in [0.2, 0.25) is 0 Å². The summed E-state index contributed by atoms with van der Waals surface area (Å²) in [5.41, 5.74) is -0.531. The summed E-state index contributed by atoms with van der Waals surface area (Å²) in [5.74, 6) is -0.822. The van der Waals surface area contributed by atoms with Crippen molar-refractivity contribution in [2.24, 2.45) is 5.41 Å². The smallest absolute Gasteiger partial charge is 0.356 e. The second-order valence-electron chi connectivity index (χ2n) is 6.80. The molecule has 6 heteroatoms. The topological polar surface area (TPSA) is 68.5 Å². The van der Waals surface area contributed by atoms with E-state index >= 15 is 0 Å². The second-order valence-corrected chi connectivity index (χ2v) is 7.72. The molecule has 2 aromatic rings. The van der Waals surface area contributed by atoms with E-state index in [4.69, 9.17) is 4.74 Å². The number of pyridine rings is 1. The number of carboxylic acids is 1. The lowest BCUT2D eigenvalue weighted by Gasteiger charge is -2.23. The predicted molar refractivity (Wildman–Crippen MR) is 92.9 cm³/mol. The van der Waals surface area contributed by atoms with Gasteiger partial charge in [0.15, 0.2) is 11.4 Å². The van der Waals surface area contributed by atoms with Gasteiger partial charge in [0, 0.05) is 11.9 Å². The molecule has 0 bridgehead atoms. The number of fused-ring (bicyclic) bond motifs is 1. The average molecular weight is 337 g/mol. The van der Waals surface area contributed by atoms with Crippen LogP contribution in [0.4, 0.5) is 0 Å². The summed E-state index contributed by atoms with van der Waals surface area (Å²) in [6, 6.07) is 1.76. The summed E-state index contributed by atoms with van der Waals surface area (Å²) in [6.45, 7) is 8.73. The fraction of sp³-hybridized carbons (Fsp3) is 0.529. The maximum Gasteiger partial charge on any atom is 0.356 e. The lowest BCUT2D eigenvalue weighted by molar-refractivity contribution is 0.0675. The van der Waals surface area contributed by atoms with Crippen LogP contribution < -0.4 is 10.3 Å². The van der Waals surface area contributed by atoms with Crippen LogP contribution in [0.5, 0.6) is 5.75 Å². The summed E-state index contributed by atoms with van der Waals surface area (Å²) in [6.07, 6.45) is 1.79. The molecule has 0 aliphatic rings. The van der Waals surface area contributed by atoms with E-state index in [1.54, 1.807) is 11.4 Å². The lowest BCUT2D eigenvalue weighted by Crippen LogP contribution is -2.31. The largest absolute Gasteiger partial charge is 0.490 e. The van der Waals surface area contributed by atoms with Crippen LogP contribution >= 0.6 is 11.3 Å². The third-order valence-electron chi connectivity index (χ3n) is 3.41. The highest BCUT2D eigenvalue weighted by atomic mass is 32.1. The first kappa shape index (κ1) is 17.5. The molecule has 1 N–H and O–H groups in total. The molecular weight excluding hydrogens is 314 g/mol. The van der Waals surface area contributed by atoms with Crippen molar-refractivity contribution in [1.29, 1.82) is 0 Å². The van der Waals surface area contributed by atoms with Crippen molar-refractivity contribution < 1.29 is 14.6 Å². The molecule has 2 aromatic heterocycles. The van der Waals surface area contributed by atoms with E-state index < -0.39 is 5.97 Å². The molecule has 0 aliphatic heterocycles. The predicted octanol–water partition coefficient (Wildman–Crippen LogP) is 3.99. The van der Waals surface area contributed by atoms with Gasteiger partial charge in [-0.25, -0.2) is 4.79 Å². The van der Waals surface area contributed by atoms with Crippen molar-refractivity contribution in [3.63, 3.8) is 0 Å². The lowest BCUT2D eigenvalue weighted by atomic mass is 9.96. The van der Waals surface area contributed by atoms with Crippen molar-refractivity contribution in [2.75, 3.05) is 6.61 Å². The zero-order chi connectivity index (χ0) is 17.2. The number of thiophene rings is 1. The van der Waals surface area contributed by atoms with Crippen LogP contribution in [0.3, 0.4) is 0 Å². The number of carboxylic acid groups (broad SMARTS) is 1. The first-order valence-electron chi connectivity index (χ1n) is 7.76. The molecule has 2 heterocycles. The Labute approximate surface area is 139 Å². The molecule has 5 nitrogen and oxygen atoms in total. The summed E-state index contributed by atoms with van der Waals surface area (Å²) in [5, 5.41) is 12.1. The quantitative estimate of drug-likeness (QED) is 0.809. The van der Waals surface area contributed by atoms with Crippen LogP contribution in [-0.2, 0) is 6.54 Å². The zero-order valence-electron chi connectivity index (χ0n) is 14.0. The Morgan fingerprint density at radius 1 is 1.39 bits per heavy atom. The first-order valence-corrected chi connectivity index (χ1v) is 8.64. The number of unbranched alkanes of at least 4 members (excludes halogenated alkanes) is 1. The highest BCUT2D eigenvalue weighted by Crippen LogP contribution is 2.32. The molecule has 0 unspecified atom stereocenters. The number of aromatic nitrogens is 1. The molecule has 0 spiro atoms. The van der Waals surface area contributed by atoms with Crippen LogP contribution in [0, 0.1) is 5.41 Å². The van der Waals surface area contributed by atoms with Crippen molar-refractivity contribution >= 4 is 27.4 Å². The Morgan fingerprint density at radius 2 is 2.09 bits per heavy atom. The summed E-state index contributed by atoms with van der Waals surface area (Å²) < 4.78 is 7.68. The maximum atomic E-state index is 12.7. The van der Waals surface area contributed by atoms with Crippen LogP contribution in [0.15, 0.2) is 16.2 Å². The number of rotatable bonds is 6. The van der Waals surface area contributed by atoms with E-state index in [2.05, 4.69) is 0 Å². The molecule has 126 valence electrons. The van der Waals surface area contributed by atoms with Crippen LogP contribution in [0.1, 0.15) is 51.0 Å². The summed E-state index contributed by atoms with van der Waals surface area (Å²) in [7, 11) is 0. The Morgan fingerprint density at radius 3 is 2.65 bits per heavy atom. The van der Waals surface area contributed by atoms with Crippen molar-refractivity contribution in [2.45, 2.75) is 47.1 Å². The Balaban J connectivity index is 2.71. The van der Waals surface area contributed by atoms with Gasteiger partial charge in [0.25, 0.3) is 5.56 Å². The van der Waals surface area contributed by atoms with E-state index in [-0.39, 0.29) is 16.7 Å². The molecule has 0 radical (unpaired) electrons. The van der Waals surface area contributed by atoms with Gasteiger partial charge in [-0.1, -0.05) is 34.1 Å². The molecule has 2 rings (SSSR count). The molecule has 0 aromatic carbocycles. The standard InChI is InChI=1S/C17H23NO4S/c1-5-6-8-22-13-11-7-9-23-14(11)15(19)18(10-17(2,3)4)12(13)16(20)21/h7,9H,5-6,8,10H2,1-4H3,(H,20,21). The molecule has 0 atom stereocenters. The monoisotopic (exact) mass is 337 g/mol. The van der Waals surface area contributed by atoms with Crippen molar-refractivity contribution in [3.05, 3.63) is 27.5 Å². The molecule has 0 fully saturated rings. The Bertz CT molecular complexity index is 767. The second kappa shape index (κ2) is 6.74. The summed E-state index contributed by atoms with van der Waals surface area (Å²) in [4.78, 5) is 24.6. The minimum atomic E-state index is -1.13. The fourth-order valence-electron chi connectivity index (χ4n) is 2.43. The highest BCUT2D eigenvalue weighted by Gasteiger charge is 2.26. The first-order chi connectivity index (χ1) is 10.8. The SMILES string of the molecule is CCCCOc1c(C(=O)O)n(CC(C)(C)C)c(=O)c2sccc12. The minimum Gasteiger partial charge on any atom is -0.490 e. The number of hydrogen-bond donors (Lipinski definition) is 1. The van der Waals surface area contributed by atoms with E-state index in [0.29, 0.717) is 29.0 Å². The molecule has 23 heavy (non-hydrogen) atoms. The Kier molecular flexibility index (Phi) is 5.14. The van der Waals surface area contributed by atoms with Gasteiger partial charge in [-0.2, -0.15) is 0 Å². The van der Waals surface area contributed by atoms with Gasteiger partial charge in [-0.15, -0.1) is 11.3 Å². The molecule has 0 saturated carbocycles. The third-order valence-corrected chi connectivity index (χ3v) is 4.32. The zero-order valence-corrected chi connectivity index (χ0v) is 14.8. The van der Waals surface area contributed by atoms with E-state index in [9.17, 15) is 14.7 Å². The van der Waals surface area contributed by atoms with Crippen LogP contribution in [-0.4, -0.2) is 22.2 Å². The van der Waals surface area contributed by atoms with E-state index in [1.165, 1.54) is 15.9 Å². The van der Waals surface area contributed by atoms with Crippen molar-refractivity contribution in [1.82, 2.24) is 4.57 Å². The van der Waals surface area contributed by atoms with Gasteiger partial charge in [-0.3, -0.25) is 9.36 Å². The van der Waals surface area contributed by atoms with Crippen LogP contribution in [0.25, 0.3) is 10.1 Å². The van der Waals surface area contributed by atoms with Crippen molar-refractivity contribution in [3.8, 4) is 5.75 Å². The van der Waals surface area contributed by atoms with Gasteiger partial charge in [-0.05, 0) is 23.3 Å². The third kappa shape index (κ3) is 3.75. The number of hydrogen-bond acceptors (Lipinski definition) is 4. The number of nitrogens with zero attached hydrogens (tertiary/aromatic N) is 1. The van der Waals surface area contributed by atoms with E-state index in [0.717, 1.165) is 12.8 Å². The molecular formula is C17H23NO4S. The fourth-order valence-corrected chi connectivity index (χ4v) is 3.27. The number of carbonyl (C=O) groups is 1. The highest BCUT2D eigenvalue weighted by molar-refractivity contribution is 7.17. The number of ether oxygens (including phenoxy) is 1. The molecule has 0 aliphatic carbocycles. The van der Waals surface area contributed by atoms with Gasteiger partial charge in [0.1, 0.15) is 4.70 Å². The normalized spacial score (nSPS) is 11.8. The van der Waals surface area contributed by atoms with Gasteiger partial charge in [0.2, 0.25) is 0 Å². The van der Waals surface area contributed by atoms with Gasteiger partial charge >= 0.3 is 5.97 Å². The Hall–Kier alpha value is -1.82. The molecule has 0 amide bonds. The van der Waals surface area contributed by atoms with Gasteiger partial charge in [0.05, 0.1) is 6.61 Å². The number of aromatic carboxylic acids is 1. The molecule has 0 saturated heterocycles. The minimum absolute atomic E-state index is 0.0491. The van der Waals surface area contributed by atoms with E-state index in [1.807, 2.05) is 27.7 Å². The van der Waals surface area contributed by atoms with Gasteiger partial charge < -0.3 is 9.84 Å². The average Bonchev–Trinajstić information content (AvgIpc) is 2.91. The maximum absolute atomic E-state index is 12.7.